The van der Waals surface area contributed by atoms with E-state index >= 15 is 0 Å². The molecule has 0 bridgehead atoms. The molecule has 7 rings (SSSR count). The van der Waals surface area contributed by atoms with E-state index in [1.807, 2.05) is 12.4 Å². The molecule has 0 spiro atoms. The second-order valence-electron chi connectivity index (χ2n) is 15.8. The average molecular weight is 637 g/mol. The molecule has 0 N–H and O–H groups in total. The summed E-state index contributed by atoms with van der Waals surface area (Å²) >= 11 is 0. The monoisotopic (exact) mass is 636 g/mol. The minimum absolute atomic E-state index is 0.0330. The molecule has 3 aliphatic rings. The smallest absolute Gasteiger partial charge is 0.0630 e. The summed E-state index contributed by atoms with van der Waals surface area (Å²) < 4.78 is 0. The first-order chi connectivity index (χ1) is 22.9. The Bertz CT molecular complexity index is 1720. The van der Waals surface area contributed by atoms with Crippen molar-refractivity contribution in [2.45, 2.75) is 102 Å². The van der Waals surface area contributed by atoms with E-state index < -0.39 is 0 Å². The topological polar surface area (TPSA) is 31.2 Å². The Hall–Kier alpha value is -4.18. The first-order valence-electron chi connectivity index (χ1n) is 18.0. The van der Waals surface area contributed by atoms with Gasteiger partial charge in [0.05, 0.1) is 11.4 Å². The van der Waals surface area contributed by atoms with Gasteiger partial charge in [0.1, 0.15) is 0 Å². The van der Waals surface area contributed by atoms with Gasteiger partial charge in [-0.3, -0.25) is 9.98 Å². The molecule has 2 heterocycles. The molecule has 0 saturated heterocycles. The van der Waals surface area contributed by atoms with Crippen LogP contribution < -0.4 is 9.80 Å². The van der Waals surface area contributed by atoms with Crippen LogP contribution in [0.1, 0.15) is 107 Å². The number of fused-ring (bicyclic) bond motifs is 2. The number of hydrogen-bond acceptors (Lipinski definition) is 4. The van der Waals surface area contributed by atoms with Crippen LogP contribution in [0.2, 0.25) is 0 Å². The van der Waals surface area contributed by atoms with Crippen molar-refractivity contribution in [1.29, 1.82) is 0 Å². The summed E-state index contributed by atoms with van der Waals surface area (Å²) in [5.41, 5.74) is 12.8. The quantitative estimate of drug-likeness (QED) is 0.197. The van der Waals surface area contributed by atoms with Gasteiger partial charge in [0.15, 0.2) is 0 Å². The molecule has 4 aromatic carbocycles. The molecule has 248 valence electrons. The van der Waals surface area contributed by atoms with E-state index in [-0.39, 0.29) is 16.2 Å². The lowest BCUT2D eigenvalue weighted by Crippen LogP contribution is -2.36. The van der Waals surface area contributed by atoms with Gasteiger partial charge in [0, 0.05) is 66.2 Å². The Kier molecular flexibility index (Phi) is 8.13. The fraction of sp³-hybridized carbons (Fsp3) is 0.409. The Labute approximate surface area is 288 Å². The molecule has 1 fully saturated rings. The lowest BCUT2D eigenvalue weighted by molar-refractivity contribution is 0.346. The molecule has 2 aliphatic heterocycles. The highest BCUT2D eigenvalue weighted by molar-refractivity contribution is 5.85. The number of nitrogens with zero attached hydrogens (tertiary/aromatic N) is 4. The van der Waals surface area contributed by atoms with Crippen molar-refractivity contribution in [2.24, 2.45) is 9.98 Å². The fourth-order valence-corrected chi connectivity index (χ4v) is 8.68. The van der Waals surface area contributed by atoms with E-state index in [4.69, 9.17) is 9.98 Å². The molecule has 0 aromatic heterocycles. The molecule has 2 atom stereocenters. The number of hydrogen-bond donors (Lipinski definition) is 0. The summed E-state index contributed by atoms with van der Waals surface area (Å²) in [6.45, 7) is 14.0. The van der Waals surface area contributed by atoms with Crippen LogP contribution in [0.15, 0.2) is 94.9 Å². The van der Waals surface area contributed by atoms with Gasteiger partial charge in [0.25, 0.3) is 0 Å². The predicted molar refractivity (Wildman–Crippen MR) is 206 cm³/mol. The zero-order valence-corrected chi connectivity index (χ0v) is 30.2. The molecule has 0 unspecified atom stereocenters. The van der Waals surface area contributed by atoms with Crippen molar-refractivity contribution in [3.63, 3.8) is 0 Å². The van der Waals surface area contributed by atoms with Crippen LogP contribution in [0.25, 0.3) is 0 Å². The van der Waals surface area contributed by atoms with Gasteiger partial charge >= 0.3 is 0 Å². The molecular weight excluding hydrogens is 585 g/mol. The highest BCUT2D eigenvalue weighted by atomic mass is 15.2. The summed E-state index contributed by atoms with van der Waals surface area (Å²) in [5.74, 6) is 0. The van der Waals surface area contributed by atoms with Crippen LogP contribution in [0.5, 0.6) is 0 Å². The third-order valence-electron chi connectivity index (χ3n) is 12.7. The van der Waals surface area contributed by atoms with Crippen molar-refractivity contribution in [2.75, 3.05) is 23.9 Å². The van der Waals surface area contributed by atoms with Crippen molar-refractivity contribution in [3.8, 4) is 0 Å². The van der Waals surface area contributed by atoms with Crippen LogP contribution in [0.4, 0.5) is 22.7 Å². The molecule has 0 amide bonds. The molecule has 4 heteroatoms. The highest BCUT2D eigenvalue weighted by Gasteiger charge is 2.41. The van der Waals surface area contributed by atoms with Gasteiger partial charge in [-0.2, -0.15) is 0 Å². The largest absolute Gasteiger partial charge is 0.371 e. The molecule has 48 heavy (non-hydrogen) atoms. The Morgan fingerprint density at radius 2 is 0.958 bits per heavy atom. The number of aliphatic imine (C=N–C) groups is 2. The SMILES string of the molecule is C[C@@H]1N(C)c2ccc(C=Nc3ccc(C4(c5ccc(N=Cc6ccc7c(c6)C(C)(C)[C@@H](C)N7C)cc5)CCCCC4)cc3)cc2C1(C)C. The Morgan fingerprint density at radius 3 is 1.35 bits per heavy atom. The van der Waals surface area contributed by atoms with E-state index in [1.165, 1.54) is 65.7 Å². The normalized spacial score (nSPS) is 22.4. The van der Waals surface area contributed by atoms with Crippen molar-refractivity contribution in [1.82, 2.24) is 0 Å². The van der Waals surface area contributed by atoms with E-state index in [2.05, 4.69) is 150 Å². The van der Waals surface area contributed by atoms with Gasteiger partial charge < -0.3 is 9.80 Å². The van der Waals surface area contributed by atoms with Crippen LogP contribution in [-0.4, -0.2) is 38.6 Å². The maximum Gasteiger partial charge on any atom is 0.0630 e. The first kappa shape index (κ1) is 32.4. The van der Waals surface area contributed by atoms with Gasteiger partial charge in [-0.15, -0.1) is 0 Å². The summed E-state index contributed by atoms with van der Waals surface area (Å²) in [5, 5.41) is 0. The Morgan fingerprint density at radius 1 is 0.562 bits per heavy atom. The third-order valence-corrected chi connectivity index (χ3v) is 12.7. The lowest BCUT2D eigenvalue weighted by atomic mass is 9.65. The maximum absolute atomic E-state index is 4.90. The summed E-state index contributed by atoms with van der Waals surface area (Å²) in [7, 11) is 4.40. The van der Waals surface area contributed by atoms with Gasteiger partial charge in [-0.25, -0.2) is 0 Å². The lowest BCUT2D eigenvalue weighted by Gasteiger charge is -2.38. The van der Waals surface area contributed by atoms with Crippen LogP contribution in [-0.2, 0) is 16.2 Å². The van der Waals surface area contributed by atoms with Crippen LogP contribution in [0.3, 0.4) is 0 Å². The fourth-order valence-electron chi connectivity index (χ4n) is 8.68. The summed E-state index contributed by atoms with van der Waals surface area (Å²) in [4.78, 5) is 14.6. The van der Waals surface area contributed by atoms with Crippen molar-refractivity contribution < 1.29 is 0 Å². The van der Waals surface area contributed by atoms with E-state index in [0.29, 0.717) is 12.1 Å². The minimum Gasteiger partial charge on any atom is -0.371 e. The minimum atomic E-state index is 0.0330. The summed E-state index contributed by atoms with van der Waals surface area (Å²) in [6.07, 6.45) is 10.2. The molecular formula is C44H52N4. The highest BCUT2D eigenvalue weighted by Crippen LogP contribution is 2.47. The van der Waals surface area contributed by atoms with E-state index in [9.17, 15) is 0 Å². The molecule has 1 aliphatic carbocycles. The second-order valence-corrected chi connectivity index (χ2v) is 15.8. The van der Waals surface area contributed by atoms with Crippen LogP contribution >= 0.6 is 0 Å². The Balaban J connectivity index is 1.09. The molecule has 4 aromatic rings. The average Bonchev–Trinajstić information content (AvgIpc) is 3.39. The number of likely N-dealkylation sites (N-methyl/N-ethyl adjacent to an activating group) is 2. The summed E-state index contributed by atoms with van der Waals surface area (Å²) in [6, 6.07) is 32.5. The standard InChI is InChI=1S/C44H52N4/c1-30-42(3,4)38-26-32(12-22-40(38)47(30)7)28-45-36-18-14-34(15-19-36)44(24-10-9-11-25-44)35-16-20-37(21-17-35)46-29-33-13-23-41-39(27-33)43(5,6)31(2)48(41)8/h12-23,26-31H,9-11,24-25H2,1-8H3/t30-,31+. The van der Waals surface area contributed by atoms with Gasteiger partial charge in [0.2, 0.25) is 0 Å². The predicted octanol–water partition coefficient (Wildman–Crippen LogP) is 10.7. The zero-order valence-electron chi connectivity index (χ0n) is 30.2. The second kappa shape index (κ2) is 12.1. The number of rotatable bonds is 6. The van der Waals surface area contributed by atoms with Crippen LogP contribution in [0, 0.1) is 0 Å². The zero-order chi connectivity index (χ0) is 33.8. The maximum atomic E-state index is 4.90. The number of anilines is 2. The molecule has 1 saturated carbocycles. The van der Waals surface area contributed by atoms with Crippen molar-refractivity contribution in [3.05, 3.63) is 118 Å². The number of benzene rings is 4. The van der Waals surface area contributed by atoms with Gasteiger partial charge in [-0.05, 0) is 109 Å². The van der Waals surface area contributed by atoms with E-state index in [0.717, 1.165) is 22.5 Å². The first-order valence-corrected chi connectivity index (χ1v) is 18.0. The molecule has 4 nitrogen and oxygen atoms in total. The van der Waals surface area contributed by atoms with E-state index in [1.54, 1.807) is 0 Å². The molecule has 0 radical (unpaired) electrons. The van der Waals surface area contributed by atoms with Gasteiger partial charge in [-0.1, -0.05) is 83.4 Å². The van der Waals surface area contributed by atoms with Crippen molar-refractivity contribution >= 4 is 35.2 Å². The third kappa shape index (κ3) is 5.38.